The lowest BCUT2D eigenvalue weighted by molar-refractivity contribution is 0.147. The molecule has 0 saturated heterocycles. The van der Waals surface area contributed by atoms with Gasteiger partial charge in [-0.15, -0.1) is 0 Å². The molecule has 0 fully saturated rings. The number of benzene rings is 2. The van der Waals surface area contributed by atoms with Gasteiger partial charge in [0.05, 0.1) is 5.69 Å². The second kappa shape index (κ2) is 6.97. The molecule has 0 bridgehead atoms. The Labute approximate surface area is 139 Å². The predicted molar refractivity (Wildman–Crippen MR) is 91.1 cm³/mol. The third-order valence-corrected chi connectivity index (χ3v) is 4.61. The average molecular weight is 360 g/mol. The molecule has 1 aliphatic heterocycles. The van der Waals surface area contributed by atoms with Crippen molar-refractivity contribution < 1.29 is 9.53 Å². The summed E-state index contributed by atoms with van der Waals surface area (Å²) in [6.45, 7) is 1.01. The summed E-state index contributed by atoms with van der Waals surface area (Å²) < 4.78 is 6.55. The lowest BCUT2D eigenvalue weighted by Gasteiger charge is -2.22. The van der Waals surface area contributed by atoms with Crippen LogP contribution in [-0.4, -0.2) is 12.6 Å². The summed E-state index contributed by atoms with van der Waals surface area (Å²) in [5, 5.41) is 0. The number of halogens is 1. The summed E-state index contributed by atoms with van der Waals surface area (Å²) in [7, 11) is 0. The van der Waals surface area contributed by atoms with E-state index in [1.807, 2.05) is 48.5 Å². The molecule has 0 saturated carbocycles. The molecule has 0 spiro atoms. The average Bonchev–Trinajstić information content (AvgIpc) is 2.77. The van der Waals surface area contributed by atoms with Gasteiger partial charge in [-0.05, 0) is 42.5 Å². The molecule has 0 unspecified atom stereocenters. The first-order valence-electron chi connectivity index (χ1n) is 7.51. The van der Waals surface area contributed by atoms with E-state index in [-0.39, 0.29) is 6.09 Å². The summed E-state index contributed by atoms with van der Waals surface area (Å²) >= 11 is 3.59. The number of ether oxygens (including phenoxy) is 1. The van der Waals surface area contributed by atoms with Crippen LogP contribution in [-0.2, 0) is 17.8 Å². The maximum Gasteiger partial charge on any atom is 0.414 e. The maximum atomic E-state index is 12.5. The zero-order valence-corrected chi connectivity index (χ0v) is 13.9. The van der Waals surface area contributed by atoms with E-state index in [0.717, 1.165) is 35.0 Å². The number of rotatable bonds is 2. The van der Waals surface area contributed by atoms with Gasteiger partial charge in [0.2, 0.25) is 0 Å². The van der Waals surface area contributed by atoms with E-state index in [1.165, 1.54) is 5.56 Å². The smallest absolute Gasteiger partial charge is 0.414 e. The van der Waals surface area contributed by atoms with Crippen LogP contribution in [0.25, 0.3) is 0 Å². The highest BCUT2D eigenvalue weighted by atomic mass is 79.9. The maximum absolute atomic E-state index is 12.5. The minimum absolute atomic E-state index is 0.273. The van der Waals surface area contributed by atoms with Crippen LogP contribution in [0, 0.1) is 0 Å². The van der Waals surface area contributed by atoms with Gasteiger partial charge in [-0.1, -0.05) is 52.3 Å². The minimum Gasteiger partial charge on any atom is -0.444 e. The highest BCUT2D eigenvalue weighted by Gasteiger charge is 2.23. The van der Waals surface area contributed by atoms with Crippen LogP contribution in [0.3, 0.4) is 0 Å². The highest BCUT2D eigenvalue weighted by molar-refractivity contribution is 9.10. The molecule has 2 aromatic carbocycles. The number of carbonyl (C=O) groups excluding carboxylic acids is 1. The minimum atomic E-state index is -0.273. The van der Waals surface area contributed by atoms with Crippen LogP contribution in [0.1, 0.15) is 24.0 Å². The molecular formula is C18H18BrNO2. The zero-order valence-electron chi connectivity index (χ0n) is 12.3. The van der Waals surface area contributed by atoms with E-state index in [0.29, 0.717) is 13.2 Å². The van der Waals surface area contributed by atoms with E-state index in [9.17, 15) is 4.79 Å². The molecule has 0 aliphatic carbocycles. The van der Waals surface area contributed by atoms with Crippen molar-refractivity contribution in [3.8, 4) is 0 Å². The Kier molecular flexibility index (Phi) is 4.78. The normalized spacial score (nSPS) is 14.1. The van der Waals surface area contributed by atoms with Crippen LogP contribution >= 0.6 is 15.9 Å². The van der Waals surface area contributed by atoms with Gasteiger partial charge in [0.25, 0.3) is 0 Å². The van der Waals surface area contributed by atoms with Crippen LogP contribution in [0.2, 0.25) is 0 Å². The Balaban J connectivity index is 1.76. The Morgan fingerprint density at radius 1 is 1.09 bits per heavy atom. The van der Waals surface area contributed by atoms with Gasteiger partial charge in [0, 0.05) is 11.0 Å². The van der Waals surface area contributed by atoms with Gasteiger partial charge in [-0.3, -0.25) is 4.90 Å². The second-order valence-corrected chi connectivity index (χ2v) is 6.24. The van der Waals surface area contributed by atoms with E-state index in [4.69, 9.17) is 4.74 Å². The molecule has 1 amide bonds. The monoisotopic (exact) mass is 359 g/mol. The summed E-state index contributed by atoms with van der Waals surface area (Å²) in [6, 6.07) is 15.7. The molecular weight excluding hydrogens is 342 g/mol. The molecule has 1 heterocycles. The lowest BCUT2D eigenvalue weighted by Crippen LogP contribution is -2.32. The molecule has 0 atom stereocenters. The molecule has 3 nitrogen and oxygen atoms in total. The fourth-order valence-corrected chi connectivity index (χ4v) is 3.28. The van der Waals surface area contributed by atoms with Crippen LogP contribution < -0.4 is 4.90 Å². The number of carbonyl (C=O) groups is 1. The van der Waals surface area contributed by atoms with Crippen LogP contribution in [0.5, 0.6) is 0 Å². The third-order valence-electron chi connectivity index (χ3n) is 3.87. The molecule has 3 rings (SSSR count). The van der Waals surface area contributed by atoms with E-state index >= 15 is 0 Å². The Morgan fingerprint density at radius 3 is 2.73 bits per heavy atom. The van der Waals surface area contributed by atoms with Crippen molar-refractivity contribution in [1.29, 1.82) is 0 Å². The molecule has 2 aromatic rings. The molecule has 22 heavy (non-hydrogen) atoms. The van der Waals surface area contributed by atoms with Gasteiger partial charge >= 0.3 is 6.09 Å². The quantitative estimate of drug-likeness (QED) is 0.760. The lowest BCUT2D eigenvalue weighted by atomic mass is 10.1. The van der Waals surface area contributed by atoms with E-state index in [1.54, 1.807) is 4.90 Å². The van der Waals surface area contributed by atoms with E-state index in [2.05, 4.69) is 15.9 Å². The largest absolute Gasteiger partial charge is 0.444 e. The SMILES string of the molecule is O=C(OCc1ccccc1)N1CCCCc2c(Br)cccc21. The first kappa shape index (κ1) is 15.1. The molecule has 0 radical (unpaired) electrons. The summed E-state index contributed by atoms with van der Waals surface area (Å²) in [4.78, 5) is 14.2. The van der Waals surface area contributed by atoms with Crippen molar-refractivity contribution in [2.24, 2.45) is 0 Å². The molecule has 0 N–H and O–H groups in total. The fraction of sp³-hybridized carbons (Fsp3) is 0.278. The number of hydrogen-bond acceptors (Lipinski definition) is 2. The summed E-state index contributed by atoms with van der Waals surface area (Å²) in [5.41, 5.74) is 3.15. The second-order valence-electron chi connectivity index (χ2n) is 5.39. The highest BCUT2D eigenvalue weighted by Crippen LogP contribution is 2.32. The summed E-state index contributed by atoms with van der Waals surface area (Å²) in [6.07, 6.45) is 2.78. The number of anilines is 1. The Morgan fingerprint density at radius 2 is 1.91 bits per heavy atom. The van der Waals surface area contributed by atoms with Gasteiger partial charge < -0.3 is 4.74 Å². The van der Waals surface area contributed by atoms with Crippen LogP contribution in [0.4, 0.5) is 10.5 Å². The van der Waals surface area contributed by atoms with Crippen molar-refractivity contribution in [2.75, 3.05) is 11.4 Å². The van der Waals surface area contributed by atoms with E-state index < -0.39 is 0 Å². The van der Waals surface area contributed by atoms with Gasteiger partial charge in [-0.25, -0.2) is 4.79 Å². The zero-order chi connectivity index (χ0) is 15.4. The predicted octanol–water partition coefficient (Wildman–Crippen LogP) is 4.93. The third kappa shape index (κ3) is 3.33. The molecule has 0 aromatic heterocycles. The van der Waals surface area contributed by atoms with Gasteiger partial charge in [0.15, 0.2) is 0 Å². The number of hydrogen-bond donors (Lipinski definition) is 0. The topological polar surface area (TPSA) is 29.5 Å². The molecule has 114 valence electrons. The fourth-order valence-electron chi connectivity index (χ4n) is 2.73. The molecule has 1 aliphatic rings. The van der Waals surface area contributed by atoms with Crippen molar-refractivity contribution in [3.05, 3.63) is 64.1 Å². The Hall–Kier alpha value is -1.81. The van der Waals surface area contributed by atoms with Crippen LogP contribution in [0.15, 0.2) is 53.0 Å². The van der Waals surface area contributed by atoms with Gasteiger partial charge in [-0.2, -0.15) is 0 Å². The van der Waals surface area contributed by atoms with Crippen molar-refractivity contribution >= 4 is 27.7 Å². The number of fused-ring (bicyclic) bond motifs is 1. The first-order chi connectivity index (χ1) is 10.8. The number of nitrogens with zero attached hydrogens (tertiary/aromatic N) is 1. The molecule has 4 heteroatoms. The first-order valence-corrected chi connectivity index (χ1v) is 8.30. The van der Waals surface area contributed by atoms with Crippen molar-refractivity contribution in [2.45, 2.75) is 25.9 Å². The van der Waals surface area contributed by atoms with Crippen molar-refractivity contribution in [1.82, 2.24) is 0 Å². The van der Waals surface area contributed by atoms with Gasteiger partial charge in [0.1, 0.15) is 6.61 Å². The standard InChI is InChI=1S/C18H18BrNO2/c19-16-10-6-11-17-15(16)9-4-5-12-20(17)18(21)22-13-14-7-2-1-3-8-14/h1-3,6-8,10-11H,4-5,9,12-13H2. The summed E-state index contributed by atoms with van der Waals surface area (Å²) in [5.74, 6) is 0. The van der Waals surface area contributed by atoms with Crippen molar-refractivity contribution in [3.63, 3.8) is 0 Å². The Bertz CT molecular complexity index is 657. The number of amides is 1.